The van der Waals surface area contributed by atoms with Crippen LogP contribution in [0.1, 0.15) is 12.5 Å². The monoisotopic (exact) mass is 211 g/mol. The lowest BCUT2D eigenvalue weighted by Crippen LogP contribution is -2.47. The number of hydrogen-bond donors (Lipinski definition) is 1. The molecule has 0 spiro atoms. The second kappa shape index (κ2) is 4.79. The van der Waals surface area contributed by atoms with E-state index >= 15 is 0 Å². The second-order valence-corrected chi connectivity index (χ2v) is 4.08. The highest BCUT2D eigenvalue weighted by atomic mass is 16.5. The zero-order chi connectivity index (χ0) is 10.7. The van der Waals surface area contributed by atoms with Crippen LogP contribution in [0.25, 0.3) is 0 Å². The third kappa shape index (κ3) is 2.81. The largest absolute Gasteiger partial charge is 0.472 e. The molecule has 2 heterocycles. The third-order valence-corrected chi connectivity index (χ3v) is 2.59. The van der Waals surface area contributed by atoms with Crippen LogP contribution in [-0.2, 0) is 11.3 Å². The highest BCUT2D eigenvalue weighted by Crippen LogP contribution is 2.14. The van der Waals surface area contributed by atoms with Crippen molar-refractivity contribution in [3.05, 3.63) is 24.2 Å². The van der Waals surface area contributed by atoms with E-state index in [1.54, 1.807) is 12.5 Å². The molecule has 1 aromatic rings. The van der Waals surface area contributed by atoms with E-state index in [2.05, 4.69) is 4.90 Å². The molecule has 4 heteroatoms. The summed E-state index contributed by atoms with van der Waals surface area (Å²) in [6.07, 6.45) is 3.57. The maximum absolute atomic E-state index is 9.08. The van der Waals surface area contributed by atoms with Crippen LogP contribution in [0, 0.1) is 0 Å². The zero-order valence-electron chi connectivity index (χ0n) is 8.93. The lowest BCUT2D eigenvalue weighted by Gasteiger charge is -2.35. The lowest BCUT2D eigenvalue weighted by molar-refractivity contribution is -0.0972. The minimum atomic E-state index is -0.0550. The van der Waals surface area contributed by atoms with E-state index in [4.69, 9.17) is 14.3 Å². The molecule has 1 saturated heterocycles. The number of morpholine rings is 1. The van der Waals surface area contributed by atoms with Crippen molar-refractivity contribution in [1.29, 1.82) is 0 Å². The maximum atomic E-state index is 9.08. The van der Waals surface area contributed by atoms with Crippen LogP contribution in [0.5, 0.6) is 0 Å². The van der Waals surface area contributed by atoms with Gasteiger partial charge in [-0.3, -0.25) is 4.90 Å². The van der Waals surface area contributed by atoms with Gasteiger partial charge < -0.3 is 14.3 Å². The van der Waals surface area contributed by atoms with Gasteiger partial charge in [-0.2, -0.15) is 0 Å². The predicted octanol–water partition coefficient (Wildman–Crippen LogP) is 0.861. The maximum Gasteiger partial charge on any atom is 0.0947 e. The Morgan fingerprint density at radius 3 is 3.07 bits per heavy atom. The summed E-state index contributed by atoms with van der Waals surface area (Å²) >= 11 is 0. The van der Waals surface area contributed by atoms with Crippen molar-refractivity contribution in [2.45, 2.75) is 25.7 Å². The van der Waals surface area contributed by atoms with Gasteiger partial charge in [0.25, 0.3) is 0 Å². The van der Waals surface area contributed by atoms with Gasteiger partial charge in [0.1, 0.15) is 0 Å². The fraction of sp³-hybridized carbons (Fsp3) is 0.636. The first-order chi connectivity index (χ1) is 7.28. The van der Waals surface area contributed by atoms with E-state index in [0.717, 1.165) is 19.6 Å². The van der Waals surface area contributed by atoms with Crippen molar-refractivity contribution in [2.24, 2.45) is 0 Å². The van der Waals surface area contributed by atoms with Crippen molar-refractivity contribution < 1.29 is 14.3 Å². The van der Waals surface area contributed by atoms with E-state index in [1.807, 2.05) is 13.0 Å². The van der Waals surface area contributed by atoms with Crippen molar-refractivity contribution in [1.82, 2.24) is 4.90 Å². The lowest BCUT2D eigenvalue weighted by atomic mass is 10.2. The molecule has 84 valence electrons. The van der Waals surface area contributed by atoms with Crippen LogP contribution in [0.15, 0.2) is 23.0 Å². The molecule has 1 aliphatic heterocycles. The number of hydrogen-bond acceptors (Lipinski definition) is 4. The Kier molecular flexibility index (Phi) is 3.41. The molecule has 1 fully saturated rings. The average molecular weight is 211 g/mol. The van der Waals surface area contributed by atoms with Gasteiger partial charge in [-0.15, -0.1) is 0 Å². The highest BCUT2D eigenvalue weighted by molar-refractivity contribution is 5.05. The number of nitrogens with zero attached hydrogens (tertiary/aromatic N) is 1. The van der Waals surface area contributed by atoms with E-state index in [0.29, 0.717) is 0 Å². The number of aliphatic hydroxyl groups excluding tert-OH is 1. The van der Waals surface area contributed by atoms with Crippen molar-refractivity contribution >= 4 is 0 Å². The Morgan fingerprint density at radius 1 is 1.53 bits per heavy atom. The van der Waals surface area contributed by atoms with Crippen LogP contribution >= 0.6 is 0 Å². The van der Waals surface area contributed by atoms with Crippen molar-refractivity contribution in [3.8, 4) is 0 Å². The Morgan fingerprint density at radius 2 is 2.40 bits per heavy atom. The molecule has 2 atom stereocenters. The van der Waals surface area contributed by atoms with Crippen LogP contribution in [-0.4, -0.2) is 41.9 Å². The minimum Gasteiger partial charge on any atom is -0.472 e. The van der Waals surface area contributed by atoms with Crippen LogP contribution < -0.4 is 0 Å². The average Bonchev–Trinajstić information content (AvgIpc) is 2.69. The molecule has 2 rings (SSSR count). The first-order valence-electron chi connectivity index (χ1n) is 5.27. The van der Waals surface area contributed by atoms with Crippen LogP contribution in [0.2, 0.25) is 0 Å². The van der Waals surface area contributed by atoms with Crippen molar-refractivity contribution in [3.63, 3.8) is 0 Å². The van der Waals surface area contributed by atoms with Gasteiger partial charge >= 0.3 is 0 Å². The fourth-order valence-corrected chi connectivity index (χ4v) is 2.01. The molecule has 2 unspecified atom stereocenters. The van der Waals surface area contributed by atoms with Gasteiger partial charge in [0.2, 0.25) is 0 Å². The molecule has 0 amide bonds. The fourth-order valence-electron chi connectivity index (χ4n) is 2.01. The molecule has 0 aromatic carbocycles. The molecule has 0 bridgehead atoms. The van der Waals surface area contributed by atoms with E-state index in [1.165, 1.54) is 5.56 Å². The normalized spacial score (nSPS) is 28.1. The molecular formula is C11H17NO3. The standard InChI is InChI=1S/C11H17NO3/c1-9-4-12(6-11(7-13)15-9)5-10-2-3-14-8-10/h2-3,8-9,11,13H,4-7H2,1H3. The molecule has 1 aromatic heterocycles. The predicted molar refractivity (Wildman–Crippen MR) is 55.4 cm³/mol. The summed E-state index contributed by atoms with van der Waals surface area (Å²) in [6, 6.07) is 1.97. The molecule has 0 saturated carbocycles. The summed E-state index contributed by atoms with van der Waals surface area (Å²) in [6.45, 7) is 4.67. The number of aliphatic hydroxyl groups is 1. The van der Waals surface area contributed by atoms with Gasteiger partial charge in [0, 0.05) is 25.2 Å². The number of rotatable bonds is 3. The summed E-state index contributed by atoms with van der Waals surface area (Å²) in [4.78, 5) is 2.28. The summed E-state index contributed by atoms with van der Waals surface area (Å²) < 4.78 is 10.6. The molecular weight excluding hydrogens is 194 g/mol. The SMILES string of the molecule is CC1CN(Cc2ccoc2)CC(CO)O1. The van der Waals surface area contributed by atoms with E-state index in [9.17, 15) is 0 Å². The minimum absolute atomic E-state index is 0.0550. The van der Waals surface area contributed by atoms with Gasteiger partial charge in [-0.25, -0.2) is 0 Å². The molecule has 1 N–H and O–H groups in total. The first-order valence-corrected chi connectivity index (χ1v) is 5.27. The van der Waals surface area contributed by atoms with Gasteiger partial charge in [-0.1, -0.05) is 0 Å². The quantitative estimate of drug-likeness (QED) is 0.805. The van der Waals surface area contributed by atoms with Gasteiger partial charge in [-0.05, 0) is 13.0 Å². The third-order valence-electron chi connectivity index (χ3n) is 2.59. The highest BCUT2D eigenvalue weighted by Gasteiger charge is 2.24. The zero-order valence-corrected chi connectivity index (χ0v) is 8.93. The smallest absolute Gasteiger partial charge is 0.0947 e. The van der Waals surface area contributed by atoms with Crippen molar-refractivity contribution in [2.75, 3.05) is 19.7 Å². The Hall–Kier alpha value is -0.840. The van der Waals surface area contributed by atoms with Gasteiger partial charge in [0.05, 0.1) is 31.3 Å². The van der Waals surface area contributed by atoms with Crippen LogP contribution in [0.3, 0.4) is 0 Å². The van der Waals surface area contributed by atoms with E-state index in [-0.39, 0.29) is 18.8 Å². The van der Waals surface area contributed by atoms with Gasteiger partial charge in [0.15, 0.2) is 0 Å². The summed E-state index contributed by atoms with van der Waals surface area (Å²) in [7, 11) is 0. The van der Waals surface area contributed by atoms with Crippen LogP contribution in [0.4, 0.5) is 0 Å². The summed E-state index contributed by atoms with van der Waals surface area (Å²) in [5.74, 6) is 0. The number of furan rings is 1. The molecule has 15 heavy (non-hydrogen) atoms. The Balaban J connectivity index is 1.91. The molecule has 4 nitrogen and oxygen atoms in total. The second-order valence-electron chi connectivity index (χ2n) is 4.08. The summed E-state index contributed by atoms with van der Waals surface area (Å²) in [5.41, 5.74) is 1.17. The number of ether oxygens (including phenoxy) is 1. The topological polar surface area (TPSA) is 45.8 Å². The van der Waals surface area contributed by atoms with E-state index < -0.39 is 0 Å². The summed E-state index contributed by atoms with van der Waals surface area (Å²) in [5, 5.41) is 9.08. The molecule has 0 aliphatic carbocycles. The Bertz CT molecular complexity index is 286. The molecule has 1 aliphatic rings. The Labute approximate surface area is 89.4 Å². The molecule has 0 radical (unpaired) electrons. The first kappa shape index (κ1) is 10.7.